The maximum Gasteiger partial charge on any atom is 0.303 e. The Balaban J connectivity index is 2.43. The summed E-state index contributed by atoms with van der Waals surface area (Å²) in [6.07, 6.45) is 2.12. The normalized spacial score (nSPS) is 24.7. The molecule has 5 heteroatoms. The Bertz CT molecular complexity index is 280. The monoisotopic (exact) mass is 243 g/mol. The number of aliphatic hydroxyl groups is 1. The van der Waals surface area contributed by atoms with Gasteiger partial charge in [0.25, 0.3) is 0 Å². The summed E-state index contributed by atoms with van der Waals surface area (Å²) in [5.74, 6) is -0.913. The van der Waals surface area contributed by atoms with Gasteiger partial charge in [0, 0.05) is 25.4 Å². The lowest BCUT2D eigenvalue weighted by Gasteiger charge is -2.36. The molecule has 0 aromatic carbocycles. The van der Waals surface area contributed by atoms with Crippen molar-refractivity contribution < 1.29 is 19.8 Å². The summed E-state index contributed by atoms with van der Waals surface area (Å²) < 4.78 is 0. The van der Waals surface area contributed by atoms with Crippen molar-refractivity contribution in [2.24, 2.45) is 5.92 Å². The van der Waals surface area contributed by atoms with E-state index in [4.69, 9.17) is 5.11 Å². The highest BCUT2D eigenvalue weighted by molar-refractivity contribution is 5.80. The minimum atomic E-state index is -0.944. The molecule has 1 heterocycles. The number of carbonyl (C=O) groups is 2. The zero-order valence-electron chi connectivity index (χ0n) is 10.3. The molecule has 2 atom stereocenters. The quantitative estimate of drug-likeness (QED) is 0.750. The van der Waals surface area contributed by atoms with Crippen molar-refractivity contribution in [2.75, 3.05) is 13.1 Å². The van der Waals surface area contributed by atoms with E-state index in [0.717, 1.165) is 12.8 Å². The van der Waals surface area contributed by atoms with Crippen molar-refractivity contribution in [3.63, 3.8) is 0 Å². The number of rotatable bonds is 5. The Hall–Kier alpha value is -1.10. The molecule has 1 fully saturated rings. The van der Waals surface area contributed by atoms with E-state index in [0.29, 0.717) is 19.5 Å². The fourth-order valence-corrected chi connectivity index (χ4v) is 2.27. The Morgan fingerprint density at radius 3 is 2.65 bits per heavy atom. The number of carbonyl (C=O) groups excluding carboxylic acids is 1. The number of likely N-dealkylation sites (tertiary alicyclic amines) is 1. The Morgan fingerprint density at radius 2 is 2.06 bits per heavy atom. The number of carboxylic acids is 1. The van der Waals surface area contributed by atoms with Crippen molar-refractivity contribution in [1.82, 2.24) is 4.90 Å². The van der Waals surface area contributed by atoms with Gasteiger partial charge in [0.1, 0.15) is 0 Å². The highest BCUT2D eigenvalue weighted by atomic mass is 16.4. The van der Waals surface area contributed by atoms with Gasteiger partial charge >= 0.3 is 5.97 Å². The summed E-state index contributed by atoms with van der Waals surface area (Å²) in [5.41, 5.74) is 0. The van der Waals surface area contributed by atoms with E-state index in [-0.39, 0.29) is 30.8 Å². The van der Waals surface area contributed by atoms with Crippen LogP contribution in [0.5, 0.6) is 0 Å². The molecule has 0 unspecified atom stereocenters. The highest BCUT2D eigenvalue weighted by Crippen LogP contribution is 2.22. The van der Waals surface area contributed by atoms with Crippen LogP contribution in [0.3, 0.4) is 0 Å². The minimum Gasteiger partial charge on any atom is -0.481 e. The van der Waals surface area contributed by atoms with Crippen LogP contribution in [0.25, 0.3) is 0 Å². The van der Waals surface area contributed by atoms with Crippen molar-refractivity contribution in [1.29, 1.82) is 0 Å². The van der Waals surface area contributed by atoms with Crippen LogP contribution < -0.4 is 0 Å². The third kappa shape index (κ3) is 4.34. The third-order valence-electron chi connectivity index (χ3n) is 3.26. The number of carboxylic acid groups (broad SMARTS) is 1. The van der Waals surface area contributed by atoms with E-state index in [1.807, 2.05) is 0 Å². The average Bonchev–Trinajstić information content (AvgIpc) is 2.29. The molecule has 2 N–H and O–H groups in total. The highest BCUT2D eigenvalue weighted by Gasteiger charge is 2.29. The van der Waals surface area contributed by atoms with Crippen molar-refractivity contribution >= 4 is 11.9 Å². The molecule has 1 amide bonds. The maximum atomic E-state index is 11.7. The molecule has 0 aromatic heterocycles. The molecule has 0 bridgehead atoms. The molecule has 0 radical (unpaired) electrons. The van der Waals surface area contributed by atoms with Crippen LogP contribution in [-0.2, 0) is 9.59 Å². The summed E-state index contributed by atoms with van der Waals surface area (Å²) in [4.78, 5) is 23.8. The van der Waals surface area contributed by atoms with Gasteiger partial charge in [-0.2, -0.15) is 0 Å². The van der Waals surface area contributed by atoms with Crippen LogP contribution >= 0.6 is 0 Å². The van der Waals surface area contributed by atoms with Gasteiger partial charge in [0.2, 0.25) is 5.91 Å². The summed E-state index contributed by atoms with van der Waals surface area (Å²) >= 11 is 0. The SMILES string of the molecule is CCC[C@H]1CN(C(=O)CCC(=O)O)CC[C@H]1O. The van der Waals surface area contributed by atoms with Crippen LogP contribution in [0, 0.1) is 5.92 Å². The molecule has 0 spiro atoms. The first-order valence-corrected chi connectivity index (χ1v) is 6.22. The zero-order valence-corrected chi connectivity index (χ0v) is 10.3. The predicted molar refractivity (Wildman–Crippen MR) is 62.5 cm³/mol. The lowest BCUT2D eigenvalue weighted by atomic mass is 9.90. The molecule has 17 heavy (non-hydrogen) atoms. The van der Waals surface area contributed by atoms with Gasteiger partial charge < -0.3 is 15.1 Å². The molecule has 1 aliphatic heterocycles. The Kier molecular flexibility index (Phi) is 5.41. The molecular formula is C12H21NO4. The molecule has 98 valence electrons. The Morgan fingerprint density at radius 1 is 1.35 bits per heavy atom. The molecule has 0 aromatic rings. The third-order valence-corrected chi connectivity index (χ3v) is 3.26. The number of nitrogens with zero attached hydrogens (tertiary/aromatic N) is 1. The van der Waals surface area contributed by atoms with Crippen molar-refractivity contribution in [2.45, 2.75) is 45.1 Å². The largest absolute Gasteiger partial charge is 0.481 e. The van der Waals surface area contributed by atoms with Crippen molar-refractivity contribution in [3.05, 3.63) is 0 Å². The van der Waals surface area contributed by atoms with Gasteiger partial charge in [-0.05, 0) is 12.8 Å². The molecule has 1 rings (SSSR count). The van der Waals surface area contributed by atoms with E-state index in [1.165, 1.54) is 0 Å². The van der Waals surface area contributed by atoms with E-state index in [1.54, 1.807) is 4.90 Å². The van der Waals surface area contributed by atoms with Crippen LogP contribution in [0.4, 0.5) is 0 Å². The molecule has 5 nitrogen and oxygen atoms in total. The molecule has 0 saturated carbocycles. The van der Waals surface area contributed by atoms with E-state index in [9.17, 15) is 14.7 Å². The molecule has 1 saturated heterocycles. The standard InChI is InChI=1S/C12H21NO4/c1-2-3-9-8-13(7-6-10(9)14)11(15)4-5-12(16)17/h9-10,14H,2-8H2,1H3,(H,16,17)/t9-,10+/m0/s1. The first-order chi connectivity index (χ1) is 8.04. The number of amides is 1. The summed E-state index contributed by atoms with van der Waals surface area (Å²) in [5, 5.41) is 18.3. The molecule has 0 aliphatic carbocycles. The van der Waals surface area contributed by atoms with E-state index >= 15 is 0 Å². The number of hydrogen-bond donors (Lipinski definition) is 2. The first kappa shape index (κ1) is 14.0. The van der Waals surface area contributed by atoms with Gasteiger partial charge in [0.05, 0.1) is 12.5 Å². The van der Waals surface area contributed by atoms with E-state index < -0.39 is 5.97 Å². The number of aliphatic carboxylic acids is 1. The summed E-state index contributed by atoms with van der Waals surface area (Å²) in [7, 11) is 0. The lowest BCUT2D eigenvalue weighted by Crippen LogP contribution is -2.46. The number of hydrogen-bond acceptors (Lipinski definition) is 3. The van der Waals surface area contributed by atoms with Gasteiger partial charge in [0.15, 0.2) is 0 Å². The van der Waals surface area contributed by atoms with Gasteiger partial charge in [-0.3, -0.25) is 9.59 Å². The van der Waals surface area contributed by atoms with Crippen LogP contribution in [0.1, 0.15) is 39.0 Å². The number of aliphatic hydroxyl groups excluding tert-OH is 1. The second-order valence-corrected chi connectivity index (χ2v) is 4.64. The lowest BCUT2D eigenvalue weighted by molar-refractivity contribution is -0.142. The smallest absolute Gasteiger partial charge is 0.303 e. The fraction of sp³-hybridized carbons (Fsp3) is 0.833. The first-order valence-electron chi connectivity index (χ1n) is 6.22. The second-order valence-electron chi connectivity index (χ2n) is 4.64. The summed E-state index contributed by atoms with van der Waals surface area (Å²) in [6, 6.07) is 0. The van der Waals surface area contributed by atoms with Crippen LogP contribution in [0.2, 0.25) is 0 Å². The minimum absolute atomic E-state index is 0.0598. The summed E-state index contributed by atoms with van der Waals surface area (Å²) in [6.45, 7) is 3.16. The predicted octanol–water partition coefficient (Wildman–Crippen LogP) is 0.861. The fourth-order valence-electron chi connectivity index (χ4n) is 2.27. The maximum absolute atomic E-state index is 11.7. The van der Waals surface area contributed by atoms with Crippen LogP contribution in [0.15, 0.2) is 0 Å². The Labute approximate surface area is 101 Å². The van der Waals surface area contributed by atoms with Crippen molar-refractivity contribution in [3.8, 4) is 0 Å². The van der Waals surface area contributed by atoms with E-state index in [2.05, 4.69) is 6.92 Å². The zero-order chi connectivity index (χ0) is 12.8. The van der Waals surface area contributed by atoms with Gasteiger partial charge in [-0.15, -0.1) is 0 Å². The topological polar surface area (TPSA) is 77.8 Å². The number of piperidine rings is 1. The second kappa shape index (κ2) is 6.59. The van der Waals surface area contributed by atoms with Gasteiger partial charge in [-0.25, -0.2) is 0 Å². The molecular weight excluding hydrogens is 222 g/mol. The molecule has 1 aliphatic rings. The average molecular weight is 243 g/mol. The van der Waals surface area contributed by atoms with Gasteiger partial charge in [-0.1, -0.05) is 13.3 Å². The van der Waals surface area contributed by atoms with Crippen LogP contribution in [-0.4, -0.2) is 46.2 Å².